The second kappa shape index (κ2) is 4.72. The van der Waals surface area contributed by atoms with Crippen LogP contribution in [0.1, 0.15) is 0 Å². The van der Waals surface area contributed by atoms with Crippen LogP contribution >= 0.6 is 0 Å². The van der Waals surface area contributed by atoms with Crippen molar-refractivity contribution in [1.29, 1.82) is 0 Å². The van der Waals surface area contributed by atoms with Crippen LogP contribution in [0.25, 0.3) is 0 Å². The largest absolute Gasteiger partial charge is 0.505 e. The Morgan fingerprint density at radius 2 is 1.67 bits per heavy atom. The molecule has 0 unspecified atom stereocenters. The van der Waals surface area contributed by atoms with Gasteiger partial charge in [0, 0.05) is 35.8 Å². The summed E-state index contributed by atoms with van der Waals surface area (Å²) >= 11 is 0.519. The van der Waals surface area contributed by atoms with E-state index in [0.717, 1.165) is 4.90 Å². The van der Waals surface area contributed by atoms with E-state index in [-0.39, 0.29) is 19.5 Å². The summed E-state index contributed by atoms with van der Waals surface area (Å²) in [5.41, 5.74) is 0. The van der Waals surface area contributed by atoms with Crippen LogP contribution in [-0.2, 0) is 35.4 Å². The number of benzene rings is 1. The van der Waals surface area contributed by atoms with Gasteiger partial charge in [0.15, 0.2) is 0 Å². The summed E-state index contributed by atoms with van der Waals surface area (Å²) in [6.07, 6.45) is 0. The van der Waals surface area contributed by atoms with Crippen LogP contribution in [0.2, 0.25) is 0 Å². The van der Waals surface area contributed by atoms with Crippen LogP contribution < -0.4 is 0 Å². The van der Waals surface area contributed by atoms with Crippen molar-refractivity contribution in [3.63, 3.8) is 0 Å². The molecule has 1 aromatic rings. The molecule has 0 fully saturated rings. The average molecular weight is 191 g/mol. The number of rotatable bonds is 1. The molecule has 0 heterocycles. The Kier molecular flexibility index (Phi) is 4.64. The second-order valence-electron chi connectivity index (χ2n) is 1.40. The van der Waals surface area contributed by atoms with E-state index in [9.17, 15) is 4.21 Å². The molecule has 0 aliphatic carbocycles. The van der Waals surface area contributed by atoms with Crippen LogP contribution in [0.5, 0.6) is 0 Å². The first kappa shape index (κ1) is 8.86. The standard InChI is InChI=1S/C6H5OS.Zn/c7-8-6-4-2-1-3-5-6;/h1-5H;/q+1;. The molecule has 0 saturated carbocycles. The maximum atomic E-state index is 10.0. The zero-order valence-electron chi connectivity index (χ0n) is 4.91. The van der Waals surface area contributed by atoms with Crippen LogP contribution in [0.15, 0.2) is 35.2 Å². The molecule has 0 aromatic heterocycles. The van der Waals surface area contributed by atoms with Crippen LogP contribution in [-0.4, -0.2) is 0 Å². The third-order valence-corrected chi connectivity index (χ3v) is 1.30. The minimum absolute atomic E-state index is 0. The van der Waals surface area contributed by atoms with Crippen molar-refractivity contribution in [2.75, 3.05) is 0 Å². The maximum Gasteiger partial charge on any atom is 0.505 e. The SMILES string of the molecule is O=[S+]c1ccccc1.[Zn]. The fourth-order valence-electron chi connectivity index (χ4n) is 0.476. The number of hydrogen-bond donors (Lipinski definition) is 0. The molecule has 1 nitrogen and oxygen atoms in total. The normalized spacial score (nSPS) is 7.56. The molecule has 9 heavy (non-hydrogen) atoms. The quantitative estimate of drug-likeness (QED) is 0.484. The van der Waals surface area contributed by atoms with E-state index in [4.69, 9.17) is 0 Å². The Balaban J connectivity index is 0.000000640. The first-order valence-electron chi connectivity index (χ1n) is 2.28. The van der Waals surface area contributed by atoms with Crippen molar-refractivity contribution in [1.82, 2.24) is 0 Å². The van der Waals surface area contributed by atoms with Gasteiger partial charge in [0.25, 0.3) is 4.90 Å². The summed E-state index contributed by atoms with van der Waals surface area (Å²) in [5.74, 6) is 0. The van der Waals surface area contributed by atoms with Crippen molar-refractivity contribution >= 4 is 11.7 Å². The molecule has 1 rings (SSSR count). The van der Waals surface area contributed by atoms with Crippen molar-refractivity contribution in [2.24, 2.45) is 0 Å². The van der Waals surface area contributed by atoms with Gasteiger partial charge in [0.1, 0.15) is 0 Å². The molecule has 0 aliphatic rings. The Morgan fingerprint density at radius 1 is 1.11 bits per heavy atom. The molecule has 1 aromatic carbocycles. The Hall–Kier alpha value is -0.137. The van der Waals surface area contributed by atoms with Crippen molar-refractivity contribution in [2.45, 2.75) is 4.90 Å². The first-order valence-corrected chi connectivity index (χ1v) is 3.02. The zero-order valence-corrected chi connectivity index (χ0v) is 8.69. The predicted molar refractivity (Wildman–Crippen MR) is 32.8 cm³/mol. The molecule has 0 bridgehead atoms. The van der Waals surface area contributed by atoms with Crippen LogP contribution in [0.4, 0.5) is 0 Å². The van der Waals surface area contributed by atoms with E-state index in [2.05, 4.69) is 0 Å². The predicted octanol–water partition coefficient (Wildman–Crippen LogP) is 1.47. The minimum atomic E-state index is 0. The first-order chi connectivity index (χ1) is 3.93. The van der Waals surface area contributed by atoms with Crippen molar-refractivity contribution in [3.05, 3.63) is 30.3 Å². The van der Waals surface area contributed by atoms with Crippen molar-refractivity contribution < 1.29 is 23.7 Å². The van der Waals surface area contributed by atoms with Gasteiger partial charge >= 0.3 is 11.7 Å². The van der Waals surface area contributed by atoms with E-state index < -0.39 is 0 Å². The average Bonchev–Trinajstić information content (AvgIpc) is 1.90. The molecule has 0 spiro atoms. The smallest absolute Gasteiger partial charge is 0.0619 e. The third-order valence-electron chi connectivity index (χ3n) is 0.839. The monoisotopic (exact) mass is 189 g/mol. The maximum absolute atomic E-state index is 10.0. The molecule has 0 N–H and O–H groups in total. The summed E-state index contributed by atoms with van der Waals surface area (Å²) in [4.78, 5) is 0.771. The molecule has 42 valence electrons. The van der Waals surface area contributed by atoms with Gasteiger partial charge in [0.05, 0.1) is 0 Å². The molecular weight excluding hydrogens is 186 g/mol. The number of hydrogen-bond acceptors (Lipinski definition) is 1. The molecule has 0 amide bonds. The molecule has 0 atom stereocenters. The summed E-state index contributed by atoms with van der Waals surface area (Å²) in [7, 11) is 0. The van der Waals surface area contributed by atoms with E-state index in [1.165, 1.54) is 0 Å². The van der Waals surface area contributed by atoms with E-state index >= 15 is 0 Å². The van der Waals surface area contributed by atoms with Gasteiger partial charge in [-0.1, -0.05) is 18.2 Å². The van der Waals surface area contributed by atoms with Gasteiger partial charge in [-0.05, 0) is 0 Å². The Labute approximate surface area is 70.7 Å². The summed E-state index contributed by atoms with van der Waals surface area (Å²) in [5, 5.41) is 0. The summed E-state index contributed by atoms with van der Waals surface area (Å²) in [6.45, 7) is 0. The molecular formula is C6H5OSZn+. The van der Waals surface area contributed by atoms with Gasteiger partial charge in [0.2, 0.25) is 0 Å². The Morgan fingerprint density at radius 3 is 2.00 bits per heavy atom. The van der Waals surface area contributed by atoms with E-state index in [0.29, 0.717) is 11.7 Å². The molecule has 0 aliphatic heterocycles. The fourth-order valence-corrected chi connectivity index (χ4v) is 0.744. The summed E-state index contributed by atoms with van der Waals surface area (Å²) < 4.78 is 10.0. The van der Waals surface area contributed by atoms with Gasteiger partial charge in [-0.15, -0.1) is 0 Å². The minimum Gasteiger partial charge on any atom is -0.0619 e. The fraction of sp³-hybridized carbons (Fsp3) is 0. The molecule has 0 saturated heterocycles. The second-order valence-corrected chi connectivity index (χ2v) is 2.03. The molecule has 3 heteroatoms. The van der Waals surface area contributed by atoms with Gasteiger partial charge < -0.3 is 0 Å². The summed E-state index contributed by atoms with van der Waals surface area (Å²) in [6, 6.07) is 9.16. The van der Waals surface area contributed by atoms with E-state index in [1.807, 2.05) is 18.2 Å². The van der Waals surface area contributed by atoms with Gasteiger partial charge in [-0.25, -0.2) is 0 Å². The van der Waals surface area contributed by atoms with E-state index in [1.54, 1.807) is 12.1 Å². The van der Waals surface area contributed by atoms with Crippen molar-refractivity contribution in [3.8, 4) is 0 Å². The Bertz CT molecular complexity index is 176. The van der Waals surface area contributed by atoms with Crippen LogP contribution in [0, 0.1) is 0 Å². The molecule has 0 radical (unpaired) electrons. The topological polar surface area (TPSA) is 17.1 Å². The van der Waals surface area contributed by atoms with Gasteiger partial charge in [-0.3, -0.25) is 0 Å². The zero-order chi connectivity index (χ0) is 5.82. The van der Waals surface area contributed by atoms with Crippen LogP contribution in [0.3, 0.4) is 0 Å². The van der Waals surface area contributed by atoms with Gasteiger partial charge in [-0.2, -0.15) is 0 Å². The third kappa shape index (κ3) is 2.78.